The number of carbonyl (C=O) groups is 4. The first-order valence-corrected chi connectivity index (χ1v) is 23.4. The van der Waals surface area contributed by atoms with E-state index in [-0.39, 0.29) is 24.4 Å². The third-order valence-electron chi connectivity index (χ3n) is 10.7. The zero-order valence-corrected chi connectivity index (χ0v) is 38.3. The van der Waals surface area contributed by atoms with Crippen LogP contribution in [0.3, 0.4) is 0 Å². The van der Waals surface area contributed by atoms with Gasteiger partial charge >= 0.3 is 6.09 Å². The molecule has 4 N–H and O–H groups in total. The molecule has 1 unspecified atom stereocenters. The van der Waals surface area contributed by atoms with Gasteiger partial charge < -0.3 is 25.6 Å². The van der Waals surface area contributed by atoms with E-state index in [9.17, 15) is 19.2 Å². The van der Waals surface area contributed by atoms with Crippen molar-refractivity contribution in [3.05, 3.63) is 153 Å². The van der Waals surface area contributed by atoms with Gasteiger partial charge in [-0.15, -0.1) is 22.7 Å². The number of nitriles is 1. The fourth-order valence-corrected chi connectivity index (χ4v) is 8.43. The van der Waals surface area contributed by atoms with Gasteiger partial charge in [-0.1, -0.05) is 99.2 Å². The summed E-state index contributed by atoms with van der Waals surface area (Å²) in [6.45, 7) is 5.13. The molecule has 2 saturated carbocycles. The van der Waals surface area contributed by atoms with Gasteiger partial charge in [0.15, 0.2) is 0 Å². The van der Waals surface area contributed by atoms with Crippen LogP contribution in [0.5, 0.6) is 0 Å². The standard InChI is InChI=1S/C25H30N4O2S.C8H8O.C7H11N.C5H7NS.C4H4N2O2/c1-19-8-5-6-12-22(19)24(25(31)27-20-9-3-2-4-10-20)29(16-21-11-7-15-32-21)23(30)17-28-14-13-26-18-28;1-7-4-2-3-5-8(7)6-9;8-6-7-4-2-1-3-5-7;6-4-5-2-1-3-7-5;7-4(8)6-2-1-5-3-6/h5-8,11-15,18,20,24H,2-4,9-10,16-17H2,1H3,(H,27,31);2-6H,1H3;7H,1-5H2;1-3H,4,6H2;1-3H,(H,7,8). The van der Waals surface area contributed by atoms with Crippen molar-refractivity contribution in [3.8, 4) is 6.07 Å². The first-order chi connectivity index (χ1) is 31.1. The summed E-state index contributed by atoms with van der Waals surface area (Å²) in [5.74, 6) is 0.189. The Morgan fingerprint density at radius 1 is 0.844 bits per heavy atom. The minimum Gasteiger partial charge on any atom is -0.464 e. The summed E-state index contributed by atoms with van der Waals surface area (Å²) in [5.41, 5.74) is 8.99. The molecule has 0 spiro atoms. The van der Waals surface area contributed by atoms with Gasteiger partial charge in [0.2, 0.25) is 11.8 Å². The molecule has 64 heavy (non-hydrogen) atoms. The third-order valence-corrected chi connectivity index (χ3v) is 12.5. The van der Waals surface area contributed by atoms with E-state index in [2.05, 4.69) is 21.4 Å². The van der Waals surface area contributed by atoms with Gasteiger partial charge in [-0.05, 0) is 79.1 Å². The van der Waals surface area contributed by atoms with Gasteiger partial charge in [0, 0.05) is 58.6 Å². The van der Waals surface area contributed by atoms with Gasteiger partial charge in [0.05, 0.1) is 18.9 Å². The summed E-state index contributed by atoms with van der Waals surface area (Å²) in [5, 5.41) is 23.9. The lowest BCUT2D eigenvalue weighted by atomic mass is 9.91. The number of hydrogen-bond donors (Lipinski definition) is 3. The Morgan fingerprint density at radius 2 is 1.45 bits per heavy atom. The predicted molar refractivity (Wildman–Crippen MR) is 253 cm³/mol. The molecule has 338 valence electrons. The van der Waals surface area contributed by atoms with Crippen LogP contribution in [0.25, 0.3) is 0 Å². The summed E-state index contributed by atoms with van der Waals surface area (Å²) < 4.78 is 2.72. The summed E-state index contributed by atoms with van der Waals surface area (Å²) in [4.78, 5) is 59.1. The van der Waals surface area contributed by atoms with Crippen molar-refractivity contribution in [3.63, 3.8) is 0 Å². The third kappa shape index (κ3) is 17.5. The van der Waals surface area contributed by atoms with E-state index in [1.165, 1.54) is 49.3 Å². The molecule has 0 saturated heterocycles. The van der Waals surface area contributed by atoms with Crippen molar-refractivity contribution >= 4 is 46.9 Å². The number of carbonyl (C=O) groups excluding carboxylic acids is 3. The summed E-state index contributed by atoms with van der Waals surface area (Å²) in [7, 11) is 0. The number of nitrogens with one attached hydrogen (secondary N) is 1. The average molecular weight is 905 g/mol. The van der Waals surface area contributed by atoms with Gasteiger partial charge in [-0.25, -0.2) is 19.3 Å². The first kappa shape index (κ1) is 50.4. The van der Waals surface area contributed by atoms with Gasteiger partial charge in [-0.2, -0.15) is 5.26 Å². The lowest BCUT2D eigenvalue weighted by Gasteiger charge is -2.34. The molecule has 2 aliphatic rings. The number of amides is 2. The minimum absolute atomic E-state index is 0.0956. The molecule has 0 radical (unpaired) electrons. The van der Waals surface area contributed by atoms with Crippen molar-refractivity contribution in [1.29, 1.82) is 5.26 Å². The highest BCUT2D eigenvalue weighted by Gasteiger charge is 2.34. The number of hydrogen-bond acceptors (Lipinski definition) is 10. The van der Waals surface area contributed by atoms with Crippen LogP contribution in [0.2, 0.25) is 0 Å². The maximum atomic E-state index is 13.7. The van der Waals surface area contributed by atoms with Gasteiger partial charge in [0.1, 0.15) is 25.2 Å². The number of aryl methyl sites for hydroxylation is 2. The maximum Gasteiger partial charge on any atom is 0.416 e. The first-order valence-electron chi connectivity index (χ1n) is 21.6. The molecule has 2 aliphatic carbocycles. The molecule has 13 nitrogen and oxygen atoms in total. The van der Waals surface area contributed by atoms with Crippen molar-refractivity contribution in [1.82, 2.24) is 29.3 Å². The Balaban J connectivity index is 0.000000223. The van der Waals surface area contributed by atoms with E-state index in [0.717, 1.165) is 76.5 Å². The topological polar surface area (TPSA) is 189 Å². The zero-order chi connectivity index (χ0) is 45.9. The fourth-order valence-electron chi connectivity index (χ4n) is 7.14. The molecule has 2 amide bonds. The Labute approximate surface area is 384 Å². The second-order valence-electron chi connectivity index (χ2n) is 15.4. The van der Waals surface area contributed by atoms with Gasteiger partial charge in [0.25, 0.3) is 0 Å². The maximum absolute atomic E-state index is 13.7. The lowest BCUT2D eigenvalue weighted by molar-refractivity contribution is -0.142. The van der Waals surface area contributed by atoms with E-state index in [1.54, 1.807) is 50.9 Å². The van der Waals surface area contributed by atoms with Crippen LogP contribution >= 0.6 is 22.7 Å². The molecule has 2 fully saturated rings. The molecule has 0 bridgehead atoms. The lowest BCUT2D eigenvalue weighted by Crippen LogP contribution is -2.47. The van der Waals surface area contributed by atoms with E-state index in [0.29, 0.717) is 19.0 Å². The molecule has 15 heteroatoms. The highest BCUT2D eigenvalue weighted by molar-refractivity contribution is 7.10. The van der Waals surface area contributed by atoms with E-state index >= 15 is 0 Å². The SMILES string of the molecule is Cc1ccccc1C(C(=O)NC1CCCCC1)N(Cc1cccs1)C(=O)Cn1ccnc1.Cc1ccccc1C=O.N#CC1CCCCC1.NCc1cccs1.O=C(O)n1ccnc1. The van der Waals surface area contributed by atoms with Crippen LogP contribution in [0.15, 0.2) is 121 Å². The normalized spacial score (nSPS) is 13.8. The Morgan fingerprint density at radius 3 is 1.92 bits per heavy atom. The van der Waals surface area contributed by atoms with E-state index < -0.39 is 12.1 Å². The largest absolute Gasteiger partial charge is 0.464 e. The average Bonchev–Trinajstić information content (AvgIpc) is 4.19. The number of rotatable bonds is 10. The molecule has 8 rings (SSSR count). The van der Waals surface area contributed by atoms with Crippen LogP contribution < -0.4 is 11.1 Å². The minimum atomic E-state index is -1.01. The van der Waals surface area contributed by atoms with Crippen molar-refractivity contribution in [2.24, 2.45) is 11.7 Å². The second-order valence-corrected chi connectivity index (χ2v) is 17.5. The highest BCUT2D eigenvalue weighted by Crippen LogP contribution is 2.29. The fraction of sp³-hybridized carbons (Fsp3) is 0.367. The molecular weight excluding hydrogens is 845 g/mol. The summed E-state index contributed by atoms with van der Waals surface area (Å²) >= 11 is 3.29. The molecular formula is C49H60N8O5S2. The van der Waals surface area contributed by atoms with Crippen LogP contribution in [-0.4, -0.2) is 59.3 Å². The Hall–Kier alpha value is -6.21. The smallest absolute Gasteiger partial charge is 0.416 e. The molecule has 6 aromatic rings. The highest BCUT2D eigenvalue weighted by atomic mass is 32.1. The second kappa shape index (κ2) is 28.5. The number of nitrogens with zero attached hydrogens (tertiary/aromatic N) is 6. The van der Waals surface area contributed by atoms with Crippen LogP contribution in [0.4, 0.5) is 4.79 Å². The quantitative estimate of drug-likeness (QED) is 0.112. The Kier molecular flexibility index (Phi) is 22.4. The Bertz CT molecular complexity index is 2260. The molecule has 4 heterocycles. The van der Waals surface area contributed by atoms with Crippen LogP contribution in [-0.2, 0) is 29.2 Å². The molecule has 4 aromatic heterocycles. The number of carboxylic acid groups (broad SMARTS) is 1. The number of benzene rings is 2. The number of aromatic nitrogens is 4. The van der Waals surface area contributed by atoms with Crippen LogP contribution in [0.1, 0.15) is 107 Å². The molecule has 1 atom stereocenters. The van der Waals surface area contributed by atoms with E-state index in [1.807, 2.05) is 97.4 Å². The predicted octanol–water partition coefficient (Wildman–Crippen LogP) is 9.99. The van der Waals surface area contributed by atoms with Crippen molar-refractivity contribution < 1.29 is 24.3 Å². The number of aldehydes is 1. The molecule has 2 aromatic carbocycles. The number of thiophene rings is 2. The van der Waals surface area contributed by atoms with Crippen LogP contribution in [0, 0.1) is 31.1 Å². The van der Waals surface area contributed by atoms with Gasteiger partial charge in [-0.3, -0.25) is 14.4 Å². The molecule has 0 aliphatic heterocycles. The summed E-state index contributed by atoms with van der Waals surface area (Å²) in [6.07, 6.45) is 20.6. The zero-order valence-electron chi connectivity index (χ0n) is 36.7. The van der Waals surface area contributed by atoms with Crippen molar-refractivity contribution in [2.75, 3.05) is 0 Å². The van der Waals surface area contributed by atoms with E-state index in [4.69, 9.17) is 16.1 Å². The van der Waals surface area contributed by atoms with Crippen molar-refractivity contribution in [2.45, 2.75) is 110 Å². The monoisotopic (exact) mass is 904 g/mol. The summed E-state index contributed by atoms with van der Waals surface area (Å²) in [6, 6.07) is 25.2. The number of imidazole rings is 2. The number of nitrogens with two attached hydrogens (primary N) is 1.